The Labute approximate surface area is 168 Å². The van der Waals surface area contributed by atoms with Crippen molar-refractivity contribution >= 4 is 23.8 Å². The van der Waals surface area contributed by atoms with Gasteiger partial charge in [-0.1, -0.05) is 60.7 Å². The highest BCUT2D eigenvalue weighted by Gasteiger charge is 2.49. The molecule has 1 fully saturated rings. The second-order valence-electron chi connectivity index (χ2n) is 7.02. The Bertz CT molecular complexity index is 932. The Morgan fingerprint density at radius 1 is 1.07 bits per heavy atom. The number of rotatable bonds is 7. The van der Waals surface area contributed by atoms with E-state index >= 15 is 0 Å². The standard InChI is InChI=1S/C21H22N4O4/c1-21(15-10-6-3-7-11-15)19(28)25(20(29)24-21)13-17(26)23-16(18(22)27)12-14-8-4-2-5-9-14/h2-11,16H,12-13H2,1H3,(H2,22,27)(H,23,26)(H,24,29). The van der Waals surface area contributed by atoms with Gasteiger partial charge in [0.1, 0.15) is 18.1 Å². The predicted molar refractivity (Wildman–Crippen MR) is 105 cm³/mol. The van der Waals surface area contributed by atoms with E-state index in [1.165, 1.54) is 0 Å². The zero-order valence-corrected chi connectivity index (χ0v) is 15.9. The minimum absolute atomic E-state index is 0.212. The Balaban J connectivity index is 1.68. The average Bonchev–Trinajstić information content (AvgIpc) is 2.93. The van der Waals surface area contributed by atoms with E-state index in [1.54, 1.807) is 37.3 Å². The zero-order chi connectivity index (χ0) is 21.0. The monoisotopic (exact) mass is 394 g/mol. The molecule has 5 amide bonds. The van der Waals surface area contributed by atoms with Gasteiger partial charge in [0.25, 0.3) is 5.91 Å². The number of primary amides is 1. The molecule has 8 heteroatoms. The molecule has 2 aromatic carbocycles. The van der Waals surface area contributed by atoms with Gasteiger partial charge in [-0.15, -0.1) is 0 Å². The highest BCUT2D eigenvalue weighted by Crippen LogP contribution is 2.28. The molecule has 0 radical (unpaired) electrons. The molecule has 1 aliphatic rings. The molecular weight excluding hydrogens is 372 g/mol. The van der Waals surface area contributed by atoms with Gasteiger partial charge in [-0.2, -0.15) is 0 Å². The largest absolute Gasteiger partial charge is 0.368 e. The molecular formula is C21H22N4O4. The fourth-order valence-corrected chi connectivity index (χ4v) is 3.26. The minimum atomic E-state index is -1.26. The maximum Gasteiger partial charge on any atom is 0.325 e. The molecule has 2 aromatic rings. The lowest BCUT2D eigenvalue weighted by Crippen LogP contribution is -2.50. The molecule has 150 valence electrons. The number of nitrogens with one attached hydrogen (secondary N) is 2. The predicted octanol–water partition coefficient (Wildman–Crippen LogP) is 0.666. The maximum atomic E-state index is 12.9. The van der Waals surface area contributed by atoms with Crippen molar-refractivity contribution in [3.63, 3.8) is 0 Å². The Hall–Kier alpha value is -3.68. The molecule has 1 aliphatic heterocycles. The number of benzene rings is 2. The van der Waals surface area contributed by atoms with Crippen molar-refractivity contribution in [3.05, 3.63) is 71.8 Å². The van der Waals surface area contributed by atoms with Crippen molar-refractivity contribution in [1.29, 1.82) is 0 Å². The molecule has 4 N–H and O–H groups in total. The number of nitrogens with two attached hydrogens (primary N) is 1. The van der Waals surface area contributed by atoms with E-state index in [-0.39, 0.29) is 6.42 Å². The van der Waals surface area contributed by atoms with E-state index in [0.717, 1.165) is 10.5 Å². The van der Waals surface area contributed by atoms with Crippen molar-refractivity contribution < 1.29 is 19.2 Å². The summed E-state index contributed by atoms with van der Waals surface area (Å²) in [4.78, 5) is 50.2. The van der Waals surface area contributed by atoms with Crippen molar-refractivity contribution in [2.75, 3.05) is 6.54 Å². The second kappa shape index (κ2) is 8.14. The number of hydrogen-bond donors (Lipinski definition) is 3. The van der Waals surface area contributed by atoms with Crippen LogP contribution in [0, 0.1) is 0 Å². The molecule has 0 aromatic heterocycles. The number of carbonyl (C=O) groups is 4. The van der Waals surface area contributed by atoms with Gasteiger partial charge in [0.2, 0.25) is 11.8 Å². The van der Waals surface area contributed by atoms with E-state index in [2.05, 4.69) is 10.6 Å². The number of amides is 5. The van der Waals surface area contributed by atoms with Crippen LogP contribution in [-0.2, 0) is 26.3 Å². The van der Waals surface area contributed by atoms with Gasteiger partial charge in [0.05, 0.1) is 0 Å². The number of urea groups is 1. The van der Waals surface area contributed by atoms with Crippen molar-refractivity contribution in [2.24, 2.45) is 5.73 Å². The van der Waals surface area contributed by atoms with Crippen LogP contribution in [0.3, 0.4) is 0 Å². The Morgan fingerprint density at radius 3 is 2.24 bits per heavy atom. The second-order valence-corrected chi connectivity index (χ2v) is 7.02. The maximum absolute atomic E-state index is 12.9. The Morgan fingerprint density at radius 2 is 1.66 bits per heavy atom. The lowest BCUT2D eigenvalue weighted by Gasteiger charge is -2.22. The molecule has 0 aliphatic carbocycles. The van der Waals surface area contributed by atoms with E-state index in [9.17, 15) is 19.2 Å². The van der Waals surface area contributed by atoms with Gasteiger partial charge in [-0.05, 0) is 18.1 Å². The topological polar surface area (TPSA) is 122 Å². The van der Waals surface area contributed by atoms with Crippen LogP contribution in [0.1, 0.15) is 18.1 Å². The quantitative estimate of drug-likeness (QED) is 0.598. The van der Waals surface area contributed by atoms with Crippen LogP contribution < -0.4 is 16.4 Å². The SMILES string of the molecule is CC1(c2ccccc2)NC(=O)N(CC(=O)NC(Cc2ccccc2)C(N)=O)C1=O. The average molecular weight is 394 g/mol. The summed E-state index contributed by atoms with van der Waals surface area (Å²) in [6.07, 6.45) is 0.212. The molecule has 2 atom stereocenters. The molecule has 0 saturated carbocycles. The fraction of sp³-hybridized carbons (Fsp3) is 0.238. The van der Waals surface area contributed by atoms with E-state index < -0.39 is 41.9 Å². The molecule has 2 unspecified atom stereocenters. The van der Waals surface area contributed by atoms with E-state index in [1.807, 2.05) is 30.3 Å². The third kappa shape index (κ3) is 4.26. The van der Waals surface area contributed by atoms with Crippen molar-refractivity contribution in [3.8, 4) is 0 Å². The molecule has 0 bridgehead atoms. The summed E-state index contributed by atoms with van der Waals surface area (Å²) in [5.41, 5.74) is 5.58. The molecule has 1 heterocycles. The van der Waals surface area contributed by atoms with E-state index in [4.69, 9.17) is 5.73 Å². The van der Waals surface area contributed by atoms with Crippen LogP contribution in [-0.4, -0.2) is 41.2 Å². The summed E-state index contributed by atoms with van der Waals surface area (Å²) in [5.74, 6) is -1.89. The van der Waals surface area contributed by atoms with Gasteiger partial charge >= 0.3 is 6.03 Å². The van der Waals surface area contributed by atoms with Crippen molar-refractivity contribution in [1.82, 2.24) is 15.5 Å². The first kappa shape index (κ1) is 20.1. The summed E-state index contributed by atoms with van der Waals surface area (Å²) in [5, 5.41) is 5.15. The summed E-state index contributed by atoms with van der Waals surface area (Å²) >= 11 is 0. The first-order chi connectivity index (χ1) is 13.8. The molecule has 0 spiro atoms. The minimum Gasteiger partial charge on any atom is -0.368 e. The third-order valence-corrected chi connectivity index (χ3v) is 4.89. The number of imide groups is 1. The van der Waals surface area contributed by atoms with Crippen molar-refractivity contribution in [2.45, 2.75) is 24.9 Å². The lowest BCUT2D eigenvalue weighted by atomic mass is 9.92. The highest BCUT2D eigenvalue weighted by atomic mass is 16.2. The molecule has 3 rings (SSSR count). The van der Waals surface area contributed by atoms with E-state index in [0.29, 0.717) is 5.56 Å². The molecule has 29 heavy (non-hydrogen) atoms. The van der Waals surface area contributed by atoms with Crippen LogP contribution >= 0.6 is 0 Å². The van der Waals surface area contributed by atoms with Gasteiger partial charge in [-0.3, -0.25) is 19.3 Å². The smallest absolute Gasteiger partial charge is 0.325 e. The highest BCUT2D eigenvalue weighted by molar-refractivity contribution is 6.09. The van der Waals surface area contributed by atoms with Crippen LogP contribution in [0.25, 0.3) is 0 Å². The van der Waals surface area contributed by atoms with Gasteiger partial charge in [-0.25, -0.2) is 4.79 Å². The van der Waals surface area contributed by atoms with Gasteiger partial charge < -0.3 is 16.4 Å². The van der Waals surface area contributed by atoms with Gasteiger partial charge in [0, 0.05) is 6.42 Å². The first-order valence-electron chi connectivity index (χ1n) is 9.13. The zero-order valence-electron chi connectivity index (χ0n) is 15.9. The fourth-order valence-electron chi connectivity index (χ4n) is 3.26. The Kier molecular flexibility index (Phi) is 5.63. The number of nitrogens with zero attached hydrogens (tertiary/aromatic N) is 1. The number of hydrogen-bond acceptors (Lipinski definition) is 4. The lowest BCUT2D eigenvalue weighted by molar-refractivity contribution is -0.135. The normalized spacial score (nSPS) is 19.6. The summed E-state index contributed by atoms with van der Waals surface area (Å²) in [6.45, 7) is 1.08. The third-order valence-electron chi connectivity index (χ3n) is 4.89. The number of carbonyl (C=O) groups excluding carboxylic acids is 4. The molecule has 8 nitrogen and oxygen atoms in total. The van der Waals surface area contributed by atoms with Crippen LogP contribution in [0.5, 0.6) is 0 Å². The van der Waals surface area contributed by atoms with Gasteiger partial charge in [0.15, 0.2) is 0 Å². The summed E-state index contributed by atoms with van der Waals surface area (Å²) in [6, 6.07) is 16.2. The van der Waals surface area contributed by atoms with Crippen LogP contribution in [0.2, 0.25) is 0 Å². The molecule has 1 saturated heterocycles. The first-order valence-corrected chi connectivity index (χ1v) is 9.13. The summed E-state index contributed by atoms with van der Waals surface area (Å²) < 4.78 is 0. The van der Waals surface area contributed by atoms with Crippen LogP contribution in [0.4, 0.5) is 4.79 Å². The summed E-state index contributed by atoms with van der Waals surface area (Å²) in [7, 11) is 0. The van der Waals surface area contributed by atoms with Crippen LogP contribution in [0.15, 0.2) is 60.7 Å².